The van der Waals surface area contributed by atoms with E-state index in [4.69, 9.17) is 25.5 Å². The Morgan fingerprint density at radius 2 is 1.62 bits per heavy atom. The van der Waals surface area contributed by atoms with Gasteiger partial charge in [0, 0.05) is 0 Å². The third kappa shape index (κ3) is 10.1. The van der Waals surface area contributed by atoms with Crippen LogP contribution < -0.4 is 0 Å². The van der Waals surface area contributed by atoms with Crippen LogP contribution in [0.25, 0.3) is 5.57 Å². The molecular formula is C29H43Cl3SiZr-. The van der Waals surface area contributed by atoms with E-state index in [1.165, 1.54) is 30.4 Å². The zero-order valence-corrected chi connectivity index (χ0v) is 26.3. The van der Waals surface area contributed by atoms with E-state index >= 15 is 0 Å². The molecule has 0 spiro atoms. The van der Waals surface area contributed by atoms with Gasteiger partial charge in [0.05, 0.1) is 8.07 Å². The molecule has 0 aromatic heterocycles. The van der Waals surface area contributed by atoms with Gasteiger partial charge in [0.1, 0.15) is 0 Å². The molecule has 0 nitrogen and oxygen atoms in total. The SMILES string of the molecule is C.C=CCC1=CC([Si](C)(C)C)c2ccccc21.C=CCC1CCC2C=CC=CC21.[CH3-].[Cl][Zr]([Cl])[Cl]. The van der Waals surface area contributed by atoms with E-state index in [9.17, 15) is 0 Å². The summed E-state index contributed by atoms with van der Waals surface area (Å²) in [4.78, 5) is 0. The summed E-state index contributed by atoms with van der Waals surface area (Å²) in [7, 11) is 13.8. The molecule has 4 unspecified atom stereocenters. The Balaban J connectivity index is 0.000000540. The van der Waals surface area contributed by atoms with Crippen LogP contribution in [0.1, 0.15) is 49.8 Å². The van der Waals surface area contributed by atoms with Gasteiger partial charge in [-0.05, 0) is 65.7 Å². The molecule has 0 saturated heterocycles. The number of hydrogen-bond acceptors (Lipinski definition) is 0. The minimum absolute atomic E-state index is 0. The molecule has 0 amide bonds. The summed E-state index contributed by atoms with van der Waals surface area (Å²) in [6.45, 7) is 15.0. The Kier molecular flexibility index (Phi) is 16.5. The van der Waals surface area contributed by atoms with Crippen LogP contribution in [-0.4, -0.2) is 8.07 Å². The predicted molar refractivity (Wildman–Crippen MR) is 159 cm³/mol. The van der Waals surface area contributed by atoms with Gasteiger partial charge in [-0.2, -0.15) is 0 Å². The normalized spacial score (nSPS) is 23.3. The topological polar surface area (TPSA) is 0 Å². The van der Waals surface area contributed by atoms with Crippen LogP contribution in [0.3, 0.4) is 0 Å². The Morgan fingerprint density at radius 3 is 2.21 bits per heavy atom. The number of halogens is 3. The van der Waals surface area contributed by atoms with E-state index in [0.717, 1.165) is 24.2 Å². The summed E-state index contributed by atoms with van der Waals surface area (Å²) in [6.07, 6.45) is 20.7. The minimum atomic E-state index is -2.13. The second-order valence-electron chi connectivity index (χ2n) is 9.70. The van der Waals surface area contributed by atoms with Crippen LogP contribution in [0.4, 0.5) is 0 Å². The summed E-state index contributed by atoms with van der Waals surface area (Å²) in [5.41, 5.74) is 5.14. The van der Waals surface area contributed by atoms with Crippen molar-refractivity contribution >= 4 is 39.2 Å². The first-order valence-electron chi connectivity index (χ1n) is 11.4. The molecule has 3 aliphatic rings. The van der Waals surface area contributed by atoms with Crippen LogP contribution in [-0.2, 0) is 18.2 Å². The van der Waals surface area contributed by atoms with Gasteiger partial charge in [0.2, 0.25) is 0 Å². The molecule has 0 bridgehead atoms. The van der Waals surface area contributed by atoms with Crippen LogP contribution in [0.5, 0.6) is 0 Å². The Labute approximate surface area is 230 Å². The molecule has 189 valence electrons. The molecule has 34 heavy (non-hydrogen) atoms. The second-order valence-corrected chi connectivity index (χ2v) is 26.3. The molecular weight excluding hydrogens is 574 g/mol. The predicted octanol–water partition coefficient (Wildman–Crippen LogP) is 11.1. The average Bonchev–Trinajstić information content (AvgIpc) is 3.31. The van der Waals surface area contributed by atoms with Gasteiger partial charge in [-0.25, -0.2) is 0 Å². The molecule has 0 N–H and O–H groups in total. The molecule has 4 atom stereocenters. The van der Waals surface area contributed by atoms with E-state index in [-0.39, 0.29) is 14.9 Å². The molecule has 0 aliphatic heterocycles. The van der Waals surface area contributed by atoms with Crippen LogP contribution in [0, 0.1) is 25.2 Å². The summed E-state index contributed by atoms with van der Waals surface area (Å²) in [5, 5.41) is 0. The Hall–Kier alpha value is -0.110. The third-order valence-corrected chi connectivity index (χ3v) is 8.83. The van der Waals surface area contributed by atoms with Crippen molar-refractivity contribution in [3.05, 3.63) is 98.5 Å². The van der Waals surface area contributed by atoms with E-state index in [0.29, 0.717) is 5.54 Å². The molecule has 1 aromatic carbocycles. The van der Waals surface area contributed by atoms with Crippen molar-refractivity contribution in [3.8, 4) is 0 Å². The fraction of sp³-hybridized carbons (Fsp3) is 0.414. The average molecular weight is 617 g/mol. The summed E-state index contributed by atoms with van der Waals surface area (Å²) in [6, 6.07) is 8.86. The molecule has 3 aliphatic carbocycles. The van der Waals surface area contributed by atoms with Crippen molar-refractivity contribution in [3.63, 3.8) is 0 Å². The van der Waals surface area contributed by atoms with Crippen LogP contribution in [0.2, 0.25) is 19.6 Å². The van der Waals surface area contributed by atoms with Crippen molar-refractivity contribution in [2.75, 3.05) is 0 Å². The fourth-order valence-electron chi connectivity index (χ4n) is 5.05. The fourth-order valence-corrected chi connectivity index (χ4v) is 6.93. The van der Waals surface area contributed by atoms with Crippen molar-refractivity contribution in [1.82, 2.24) is 0 Å². The summed E-state index contributed by atoms with van der Waals surface area (Å²) in [5.74, 6) is 2.52. The first-order chi connectivity index (χ1) is 15.2. The van der Waals surface area contributed by atoms with Crippen molar-refractivity contribution in [1.29, 1.82) is 0 Å². The number of allylic oxidation sites excluding steroid dienone is 8. The molecule has 1 saturated carbocycles. The van der Waals surface area contributed by atoms with E-state index in [2.05, 4.69) is 93.5 Å². The van der Waals surface area contributed by atoms with Crippen LogP contribution >= 0.6 is 25.5 Å². The summed E-state index contributed by atoms with van der Waals surface area (Å²) >= 11 is -2.13. The quantitative estimate of drug-likeness (QED) is 0.175. The zero-order valence-electron chi connectivity index (χ0n) is 20.5. The van der Waals surface area contributed by atoms with Gasteiger partial charge >= 0.3 is 43.7 Å². The van der Waals surface area contributed by atoms with E-state index in [1.807, 2.05) is 6.08 Å². The standard InChI is InChI=1S/C15H20Si.C12H16.CH4.CH3.3ClH.Zr/c1-5-8-12-11-15(16(2,3)4)14-10-7-6-9-13(12)14;1-2-5-10-8-9-11-6-3-4-7-12(10)11;;;;;;/h5-7,9-11,15H,1,8H2,2-4H3;2-4,6-7,10-12H,1,5,8-9H2;1H4;1H3;3*1H;/q;;;-1;;;;+3/p-3. The number of rotatable bonds is 5. The van der Waals surface area contributed by atoms with Crippen LogP contribution in [0.15, 0.2) is 80.0 Å². The van der Waals surface area contributed by atoms with Crippen molar-refractivity contribution < 1.29 is 18.2 Å². The number of fused-ring (bicyclic) bond motifs is 2. The van der Waals surface area contributed by atoms with Gasteiger partial charge in [0.25, 0.3) is 0 Å². The summed E-state index contributed by atoms with van der Waals surface area (Å²) < 4.78 is 0. The maximum atomic E-state index is 5.00. The first kappa shape index (κ1) is 33.9. The van der Waals surface area contributed by atoms with Gasteiger partial charge in [-0.3, -0.25) is 0 Å². The molecule has 1 fully saturated rings. The monoisotopic (exact) mass is 614 g/mol. The maximum absolute atomic E-state index is 5.00. The van der Waals surface area contributed by atoms with Crippen molar-refractivity contribution in [2.24, 2.45) is 17.8 Å². The molecule has 0 heterocycles. The Morgan fingerprint density at radius 1 is 1.00 bits per heavy atom. The molecule has 4 rings (SSSR count). The number of hydrogen-bond donors (Lipinski definition) is 0. The van der Waals surface area contributed by atoms with Gasteiger partial charge in [-0.1, -0.05) is 93.9 Å². The molecule has 0 radical (unpaired) electrons. The van der Waals surface area contributed by atoms with Gasteiger partial charge < -0.3 is 7.43 Å². The zero-order chi connectivity index (χ0) is 23.7. The van der Waals surface area contributed by atoms with Gasteiger partial charge in [-0.15, -0.1) is 13.2 Å². The van der Waals surface area contributed by atoms with E-state index < -0.39 is 26.2 Å². The number of benzene rings is 1. The van der Waals surface area contributed by atoms with E-state index in [1.54, 1.807) is 5.56 Å². The van der Waals surface area contributed by atoms with Gasteiger partial charge in [0.15, 0.2) is 0 Å². The third-order valence-electron chi connectivity index (χ3n) is 6.49. The van der Waals surface area contributed by atoms with Crippen molar-refractivity contribution in [2.45, 2.75) is 58.3 Å². The molecule has 1 aromatic rings. The Bertz CT molecular complexity index is 848. The molecule has 5 heteroatoms. The second kappa shape index (κ2) is 16.6. The first-order valence-corrected chi connectivity index (χ1v) is 24.5.